The van der Waals surface area contributed by atoms with E-state index in [0.29, 0.717) is 6.54 Å². The lowest BCUT2D eigenvalue weighted by Gasteiger charge is -2.30. The molecule has 0 spiro atoms. The molecule has 0 heterocycles. The Hall–Kier alpha value is -2.14. The number of carbonyl (C=O) groups is 2. The molecule has 0 fully saturated rings. The summed E-state index contributed by atoms with van der Waals surface area (Å²) in [6, 6.07) is 15.2. The highest BCUT2D eigenvalue weighted by atomic mass is 79.9. The van der Waals surface area contributed by atoms with E-state index in [1.54, 1.807) is 11.8 Å². The maximum Gasteiger partial charge on any atom is 0.242 e. The molecular weight excluding hydrogens is 416 g/mol. The standard InChI is InChI=1S/C23H29BrN2O2/c1-5-17(3)25-23(28)18(4)26(15-19-10-12-21(24)13-11-19)22(27)14-20-9-7-6-8-16(20)2/h6-13,17-18H,5,14-15H2,1-4H3,(H,25,28)/t17-,18+/m1/s1. The van der Waals surface area contributed by atoms with E-state index >= 15 is 0 Å². The van der Waals surface area contributed by atoms with Gasteiger partial charge in [0, 0.05) is 17.1 Å². The number of rotatable bonds is 8. The van der Waals surface area contributed by atoms with Crippen LogP contribution in [0.15, 0.2) is 53.0 Å². The van der Waals surface area contributed by atoms with Crippen molar-refractivity contribution in [2.24, 2.45) is 0 Å². The minimum absolute atomic E-state index is 0.0518. The van der Waals surface area contributed by atoms with Crippen LogP contribution >= 0.6 is 15.9 Å². The Balaban J connectivity index is 2.23. The zero-order chi connectivity index (χ0) is 20.7. The molecule has 0 aliphatic rings. The van der Waals surface area contributed by atoms with Gasteiger partial charge in [-0.25, -0.2) is 0 Å². The van der Waals surface area contributed by atoms with Gasteiger partial charge in [0.25, 0.3) is 0 Å². The van der Waals surface area contributed by atoms with E-state index in [1.807, 2.05) is 69.3 Å². The second kappa shape index (κ2) is 10.4. The molecule has 1 N–H and O–H groups in total. The van der Waals surface area contributed by atoms with Gasteiger partial charge in [0.2, 0.25) is 11.8 Å². The summed E-state index contributed by atoms with van der Waals surface area (Å²) in [4.78, 5) is 27.6. The third-order valence-electron chi connectivity index (χ3n) is 5.04. The molecule has 2 aromatic rings. The Morgan fingerprint density at radius 2 is 1.71 bits per heavy atom. The van der Waals surface area contributed by atoms with Gasteiger partial charge in [-0.1, -0.05) is 59.3 Å². The summed E-state index contributed by atoms with van der Waals surface area (Å²) in [5, 5.41) is 2.99. The number of nitrogens with one attached hydrogen (secondary N) is 1. The summed E-state index contributed by atoms with van der Waals surface area (Å²) in [5.74, 6) is -0.173. The summed E-state index contributed by atoms with van der Waals surface area (Å²) >= 11 is 3.44. The summed E-state index contributed by atoms with van der Waals surface area (Å²) < 4.78 is 0.983. The fourth-order valence-corrected chi connectivity index (χ4v) is 3.17. The zero-order valence-electron chi connectivity index (χ0n) is 17.0. The summed E-state index contributed by atoms with van der Waals surface area (Å²) in [5.41, 5.74) is 3.06. The maximum atomic E-state index is 13.2. The fourth-order valence-electron chi connectivity index (χ4n) is 2.91. The third-order valence-corrected chi connectivity index (χ3v) is 5.57. The lowest BCUT2D eigenvalue weighted by molar-refractivity contribution is -0.140. The summed E-state index contributed by atoms with van der Waals surface area (Å²) in [7, 11) is 0. The van der Waals surface area contributed by atoms with Crippen LogP contribution in [-0.2, 0) is 22.6 Å². The first kappa shape index (κ1) is 22.2. The van der Waals surface area contributed by atoms with E-state index in [-0.39, 0.29) is 24.3 Å². The average molecular weight is 445 g/mol. The van der Waals surface area contributed by atoms with Gasteiger partial charge >= 0.3 is 0 Å². The molecule has 0 saturated heterocycles. The van der Waals surface area contributed by atoms with Crippen LogP contribution in [0.2, 0.25) is 0 Å². The molecule has 0 aliphatic heterocycles. The monoisotopic (exact) mass is 444 g/mol. The largest absolute Gasteiger partial charge is 0.352 e. The number of amides is 2. The third kappa shape index (κ3) is 6.20. The molecule has 4 nitrogen and oxygen atoms in total. The minimum atomic E-state index is -0.547. The highest BCUT2D eigenvalue weighted by molar-refractivity contribution is 9.10. The second-order valence-electron chi connectivity index (χ2n) is 7.25. The quantitative estimate of drug-likeness (QED) is 0.644. The lowest BCUT2D eigenvalue weighted by atomic mass is 10.0. The second-order valence-corrected chi connectivity index (χ2v) is 8.16. The molecule has 0 radical (unpaired) electrons. The van der Waals surface area contributed by atoms with Crippen LogP contribution in [0.4, 0.5) is 0 Å². The molecule has 2 rings (SSSR count). The summed E-state index contributed by atoms with van der Waals surface area (Å²) in [6.07, 6.45) is 1.13. The average Bonchev–Trinajstić information content (AvgIpc) is 2.68. The molecular formula is C23H29BrN2O2. The molecule has 0 bridgehead atoms. The number of hydrogen-bond acceptors (Lipinski definition) is 2. The van der Waals surface area contributed by atoms with Crippen molar-refractivity contribution in [3.8, 4) is 0 Å². The Labute approximate surface area is 176 Å². The van der Waals surface area contributed by atoms with E-state index < -0.39 is 6.04 Å². The van der Waals surface area contributed by atoms with Crippen molar-refractivity contribution in [3.63, 3.8) is 0 Å². The van der Waals surface area contributed by atoms with Crippen molar-refractivity contribution < 1.29 is 9.59 Å². The molecule has 0 unspecified atom stereocenters. The predicted octanol–water partition coefficient (Wildman–Crippen LogP) is 4.63. The van der Waals surface area contributed by atoms with Crippen molar-refractivity contribution in [3.05, 3.63) is 69.7 Å². The molecule has 28 heavy (non-hydrogen) atoms. The van der Waals surface area contributed by atoms with Gasteiger partial charge < -0.3 is 10.2 Å². The molecule has 2 atom stereocenters. The SMILES string of the molecule is CC[C@@H](C)NC(=O)[C@H](C)N(Cc1ccc(Br)cc1)C(=O)Cc1ccccc1C. The molecule has 150 valence electrons. The Morgan fingerprint density at radius 3 is 2.32 bits per heavy atom. The van der Waals surface area contributed by atoms with Gasteiger partial charge in [0.1, 0.15) is 6.04 Å². The number of benzene rings is 2. The zero-order valence-corrected chi connectivity index (χ0v) is 18.6. The van der Waals surface area contributed by atoms with Crippen LogP contribution < -0.4 is 5.32 Å². The first-order valence-corrected chi connectivity index (χ1v) is 10.5. The van der Waals surface area contributed by atoms with Crippen molar-refractivity contribution in [2.75, 3.05) is 0 Å². The van der Waals surface area contributed by atoms with Crippen LogP contribution in [0, 0.1) is 6.92 Å². The smallest absolute Gasteiger partial charge is 0.242 e. The number of hydrogen-bond donors (Lipinski definition) is 1. The minimum Gasteiger partial charge on any atom is -0.352 e. The topological polar surface area (TPSA) is 49.4 Å². The fraction of sp³-hybridized carbons (Fsp3) is 0.391. The molecule has 0 saturated carbocycles. The van der Waals surface area contributed by atoms with Gasteiger partial charge in [-0.2, -0.15) is 0 Å². The highest BCUT2D eigenvalue weighted by Gasteiger charge is 2.27. The van der Waals surface area contributed by atoms with Crippen molar-refractivity contribution >= 4 is 27.7 Å². The van der Waals surface area contributed by atoms with E-state index in [0.717, 1.165) is 27.6 Å². The Bertz CT molecular complexity index is 805. The molecule has 0 aromatic heterocycles. The van der Waals surface area contributed by atoms with Crippen LogP contribution in [-0.4, -0.2) is 28.8 Å². The molecule has 2 aromatic carbocycles. The van der Waals surface area contributed by atoms with Gasteiger partial charge in [-0.3, -0.25) is 9.59 Å². The molecule has 2 amide bonds. The van der Waals surface area contributed by atoms with Crippen molar-refractivity contribution in [2.45, 2.75) is 59.2 Å². The van der Waals surface area contributed by atoms with Crippen LogP contribution in [0.1, 0.15) is 43.9 Å². The molecule has 0 aliphatic carbocycles. The van der Waals surface area contributed by atoms with Gasteiger partial charge in [0.05, 0.1) is 6.42 Å². The maximum absolute atomic E-state index is 13.2. The summed E-state index contributed by atoms with van der Waals surface area (Å²) in [6.45, 7) is 8.19. The number of nitrogens with zero attached hydrogens (tertiary/aromatic N) is 1. The van der Waals surface area contributed by atoms with Crippen LogP contribution in [0.5, 0.6) is 0 Å². The first-order chi connectivity index (χ1) is 13.3. The van der Waals surface area contributed by atoms with Crippen LogP contribution in [0.3, 0.4) is 0 Å². The Kier molecular flexibility index (Phi) is 8.24. The first-order valence-electron chi connectivity index (χ1n) is 9.70. The van der Waals surface area contributed by atoms with E-state index in [2.05, 4.69) is 21.2 Å². The lowest BCUT2D eigenvalue weighted by Crippen LogP contribution is -2.49. The van der Waals surface area contributed by atoms with Crippen molar-refractivity contribution in [1.82, 2.24) is 10.2 Å². The van der Waals surface area contributed by atoms with E-state index in [9.17, 15) is 9.59 Å². The van der Waals surface area contributed by atoms with E-state index in [1.165, 1.54) is 0 Å². The molecule has 5 heteroatoms. The number of halogens is 1. The van der Waals surface area contributed by atoms with E-state index in [4.69, 9.17) is 0 Å². The van der Waals surface area contributed by atoms with Gasteiger partial charge in [-0.05, 0) is 56.0 Å². The van der Waals surface area contributed by atoms with Crippen molar-refractivity contribution in [1.29, 1.82) is 0 Å². The number of carbonyl (C=O) groups excluding carboxylic acids is 2. The van der Waals surface area contributed by atoms with Crippen LogP contribution in [0.25, 0.3) is 0 Å². The number of aryl methyl sites for hydroxylation is 1. The predicted molar refractivity (Wildman–Crippen MR) is 117 cm³/mol. The normalized spacial score (nSPS) is 12.9. The Morgan fingerprint density at radius 1 is 1.07 bits per heavy atom. The van der Waals surface area contributed by atoms with Gasteiger partial charge in [0.15, 0.2) is 0 Å². The van der Waals surface area contributed by atoms with Gasteiger partial charge in [-0.15, -0.1) is 0 Å². The highest BCUT2D eigenvalue weighted by Crippen LogP contribution is 2.17.